The van der Waals surface area contributed by atoms with Crippen LogP contribution in [0.25, 0.3) is 0 Å². The van der Waals surface area contributed by atoms with Gasteiger partial charge in [-0.05, 0) is 33.0 Å². The zero-order valence-corrected chi connectivity index (χ0v) is 8.27. The topological polar surface area (TPSA) is 46.3 Å². The first kappa shape index (κ1) is 9.40. The Balaban J connectivity index is 1.99. The summed E-state index contributed by atoms with van der Waals surface area (Å²) in [7, 11) is 2.08. The van der Waals surface area contributed by atoms with E-state index in [2.05, 4.69) is 16.9 Å². The monoisotopic (exact) mass is 194 g/mol. The van der Waals surface area contributed by atoms with Crippen LogP contribution in [0.3, 0.4) is 0 Å². The number of likely N-dealkylation sites (tertiary alicyclic amines) is 1. The highest BCUT2D eigenvalue weighted by Crippen LogP contribution is 2.19. The summed E-state index contributed by atoms with van der Waals surface area (Å²) in [4.78, 5) is 17.9. The lowest BCUT2D eigenvalue weighted by Crippen LogP contribution is -2.33. The lowest BCUT2D eigenvalue weighted by atomic mass is 9.93. The molecule has 1 fully saturated rings. The molecule has 1 aliphatic heterocycles. The Morgan fingerprint density at radius 3 is 2.86 bits per heavy atom. The van der Waals surface area contributed by atoms with E-state index >= 15 is 0 Å². The Bertz CT molecular complexity index is 300. The maximum atomic E-state index is 11.8. The van der Waals surface area contributed by atoms with Crippen molar-refractivity contribution in [2.75, 3.05) is 20.1 Å². The molecule has 1 aromatic heterocycles. The van der Waals surface area contributed by atoms with Gasteiger partial charge in [0.05, 0.1) is 6.20 Å². The molecule has 4 nitrogen and oxygen atoms in total. The standard InChI is InChI=1S/C10H14N2O2/c1-12-5-2-8(3-6-12)9(13)10-11-4-7-14-10/h4,7-8H,2-3,5-6H2,1H3. The highest BCUT2D eigenvalue weighted by atomic mass is 16.3. The van der Waals surface area contributed by atoms with E-state index < -0.39 is 0 Å². The van der Waals surface area contributed by atoms with Gasteiger partial charge in [0.2, 0.25) is 5.78 Å². The molecular formula is C10H14N2O2. The van der Waals surface area contributed by atoms with Crippen LogP contribution in [-0.4, -0.2) is 35.8 Å². The van der Waals surface area contributed by atoms with Crippen LogP contribution in [0.2, 0.25) is 0 Å². The highest BCUT2D eigenvalue weighted by molar-refractivity contribution is 5.93. The molecule has 0 saturated carbocycles. The molecule has 76 valence electrons. The van der Waals surface area contributed by atoms with Crippen molar-refractivity contribution in [2.45, 2.75) is 12.8 Å². The second-order valence-electron chi connectivity index (χ2n) is 3.78. The van der Waals surface area contributed by atoms with Crippen LogP contribution in [0.4, 0.5) is 0 Å². The van der Waals surface area contributed by atoms with Gasteiger partial charge in [-0.15, -0.1) is 0 Å². The first-order valence-corrected chi connectivity index (χ1v) is 4.89. The first-order chi connectivity index (χ1) is 6.77. The van der Waals surface area contributed by atoms with Gasteiger partial charge in [-0.2, -0.15) is 0 Å². The minimum Gasteiger partial charge on any atom is -0.442 e. The van der Waals surface area contributed by atoms with Crippen molar-refractivity contribution in [2.24, 2.45) is 5.92 Å². The zero-order valence-electron chi connectivity index (χ0n) is 8.27. The maximum Gasteiger partial charge on any atom is 0.263 e. The molecule has 2 rings (SSSR count). The Hall–Kier alpha value is -1.16. The SMILES string of the molecule is CN1CCC(C(=O)c2ncco2)CC1. The molecule has 0 amide bonds. The van der Waals surface area contributed by atoms with E-state index in [0.717, 1.165) is 25.9 Å². The Morgan fingerprint density at radius 1 is 1.57 bits per heavy atom. The van der Waals surface area contributed by atoms with Crippen LogP contribution in [0.5, 0.6) is 0 Å². The fourth-order valence-corrected chi connectivity index (χ4v) is 1.79. The normalized spacial score (nSPS) is 19.8. The van der Waals surface area contributed by atoms with Crippen molar-refractivity contribution in [1.82, 2.24) is 9.88 Å². The van der Waals surface area contributed by atoms with E-state index in [1.54, 1.807) is 0 Å². The fraction of sp³-hybridized carbons (Fsp3) is 0.600. The van der Waals surface area contributed by atoms with E-state index in [4.69, 9.17) is 4.42 Å². The average Bonchev–Trinajstić information content (AvgIpc) is 2.71. The molecule has 0 bridgehead atoms. The molecule has 0 atom stereocenters. The van der Waals surface area contributed by atoms with Gasteiger partial charge in [0, 0.05) is 5.92 Å². The van der Waals surface area contributed by atoms with E-state index in [9.17, 15) is 4.79 Å². The average molecular weight is 194 g/mol. The molecular weight excluding hydrogens is 180 g/mol. The summed E-state index contributed by atoms with van der Waals surface area (Å²) in [6.07, 6.45) is 4.79. The molecule has 0 N–H and O–H groups in total. The fourth-order valence-electron chi connectivity index (χ4n) is 1.79. The van der Waals surface area contributed by atoms with Crippen LogP contribution in [0, 0.1) is 5.92 Å². The predicted octanol–water partition coefficient (Wildman–Crippen LogP) is 1.20. The van der Waals surface area contributed by atoms with Gasteiger partial charge >= 0.3 is 0 Å². The second kappa shape index (κ2) is 3.92. The number of ketones is 1. The van der Waals surface area contributed by atoms with Gasteiger partial charge in [0.15, 0.2) is 0 Å². The number of oxazole rings is 1. The third-order valence-corrected chi connectivity index (χ3v) is 2.73. The lowest BCUT2D eigenvalue weighted by Gasteiger charge is -2.27. The molecule has 0 aliphatic carbocycles. The van der Waals surface area contributed by atoms with Crippen molar-refractivity contribution in [3.8, 4) is 0 Å². The lowest BCUT2D eigenvalue weighted by molar-refractivity contribution is 0.0820. The third-order valence-electron chi connectivity index (χ3n) is 2.73. The highest BCUT2D eigenvalue weighted by Gasteiger charge is 2.26. The smallest absolute Gasteiger partial charge is 0.263 e. The Kier molecular flexibility index (Phi) is 2.63. The summed E-state index contributed by atoms with van der Waals surface area (Å²) < 4.78 is 5.00. The number of hydrogen-bond acceptors (Lipinski definition) is 4. The molecule has 4 heteroatoms. The number of piperidine rings is 1. The largest absolute Gasteiger partial charge is 0.442 e. The van der Waals surface area contributed by atoms with E-state index in [0.29, 0.717) is 0 Å². The molecule has 1 aliphatic rings. The maximum absolute atomic E-state index is 11.8. The minimum atomic E-state index is 0.0584. The summed E-state index contributed by atoms with van der Waals surface area (Å²) in [5.41, 5.74) is 0. The van der Waals surface area contributed by atoms with Gasteiger partial charge in [0.25, 0.3) is 5.89 Å². The number of Topliss-reactive ketones (excluding diaryl/α,β-unsaturated/α-hetero) is 1. The molecule has 1 saturated heterocycles. The summed E-state index contributed by atoms with van der Waals surface area (Å²) in [6.45, 7) is 1.97. The van der Waals surface area contributed by atoms with Gasteiger partial charge in [-0.25, -0.2) is 4.98 Å². The van der Waals surface area contributed by atoms with Crippen molar-refractivity contribution in [1.29, 1.82) is 0 Å². The van der Waals surface area contributed by atoms with Crippen molar-refractivity contribution in [3.63, 3.8) is 0 Å². The molecule has 0 radical (unpaired) electrons. The van der Waals surface area contributed by atoms with E-state index in [1.165, 1.54) is 12.5 Å². The van der Waals surface area contributed by atoms with E-state index in [1.807, 2.05) is 0 Å². The van der Waals surface area contributed by atoms with Gasteiger partial charge in [-0.3, -0.25) is 4.79 Å². The molecule has 1 aromatic rings. The van der Waals surface area contributed by atoms with Crippen LogP contribution in [0.1, 0.15) is 23.5 Å². The minimum absolute atomic E-state index is 0.0584. The number of rotatable bonds is 2. The van der Waals surface area contributed by atoms with Crippen LogP contribution < -0.4 is 0 Å². The number of hydrogen-bond donors (Lipinski definition) is 0. The summed E-state index contributed by atoms with van der Waals surface area (Å²) >= 11 is 0. The zero-order chi connectivity index (χ0) is 9.97. The van der Waals surface area contributed by atoms with Gasteiger partial charge in [-0.1, -0.05) is 0 Å². The summed E-state index contributed by atoms with van der Waals surface area (Å²) in [6, 6.07) is 0. The second-order valence-corrected chi connectivity index (χ2v) is 3.78. The van der Waals surface area contributed by atoms with E-state index in [-0.39, 0.29) is 17.6 Å². The van der Waals surface area contributed by atoms with Crippen LogP contribution >= 0.6 is 0 Å². The van der Waals surface area contributed by atoms with Crippen molar-refractivity contribution < 1.29 is 9.21 Å². The van der Waals surface area contributed by atoms with Crippen LogP contribution in [0.15, 0.2) is 16.9 Å². The molecule has 0 aromatic carbocycles. The molecule has 0 spiro atoms. The number of nitrogens with zero attached hydrogens (tertiary/aromatic N) is 2. The number of carbonyl (C=O) groups excluding carboxylic acids is 1. The number of aromatic nitrogens is 1. The summed E-state index contributed by atoms with van der Waals surface area (Å²) in [5, 5.41) is 0. The Labute approximate surface area is 82.9 Å². The van der Waals surface area contributed by atoms with Crippen molar-refractivity contribution >= 4 is 5.78 Å². The molecule has 14 heavy (non-hydrogen) atoms. The Morgan fingerprint density at radius 2 is 2.29 bits per heavy atom. The third kappa shape index (κ3) is 1.85. The quantitative estimate of drug-likeness (QED) is 0.664. The van der Waals surface area contributed by atoms with Crippen LogP contribution in [-0.2, 0) is 0 Å². The first-order valence-electron chi connectivity index (χ1n) is 4.89. The van der Waals surface area contributed by atoms with Gasteiger partial charge < -0.3 is 9.32 Å². The summed E-state index contributed by atoms with van der Waals surface area (Å²) in [5.74, 6) is 0.424. The molecule has 2 heterocycles. The predicted molar refractivity (Wildman–Crippen MR) is 51.1 cm³/mol. The van der Waals surface area contributed by atoms with Gasteiger partial charge in [0.1, 0.15) is 6.26 Å². The molecule has 0 unspecified atom stereocenters. The van der Waals surface area contributed by atoms with Crippen molar-refractivity contribution in [3.05, 3.63) is 18.4 Å². The number of carbonyl (C=O) groups is 1.